The maximum Gasteiger partial charge on any atom is 0.260 e. The summed E-state index contributed by atoms with van der Waals surface area (Å²) in [6.07, 6.45) is 3.79. The molecule has 1 aromatic heterocycles. The quantitative estimate of drug-likeness (QED) is 0.684. The smallest absolute Gasteiger partial charge is 0.260 e. The third-order valence-electron chi connectivity index (χ3n) is 5.13. The molecule has 2 aliphatic heterocycles. The number of H-pyrrole nitrogens is 1. The first kappa shape index (κ1) is 19.6. The van der Waals surface area contributed by atoms with Crippen LogP contribution < -0.4 is 16.2 Å². The Morgan fingerprint density at radius 3 is 2.70 bits per heavy atom. The number of ether oxygens (including phenoxy) is 1. The number of hydrogen-bond acceptors (Lipinski definition) is 5. The van der Waals surface area contributed by atoms with Gasteiger partial charge in [0.2, 0.25) is 5.91 Å². The zero-order valence-corrected chi connectivity index (χ0v) is 15.9. The number of carbonyl (C=O) groups excluding carboxylic acids is 2. The first-order valence-electron chi connectivity index (χ1n) is 9.58. The van der Waals surface area contributed by atoms with Crippen LogP contribution in [-0.4, -0.2) is 65.6 Å². The van der Waals surface area contributed by atoms with Crippen LogP contribution in [0.1, 0.15) is 43.5 Å². The molecule has 0 radical (unpaired) electrons. The number of aromatic amines is 1. The molecule has 3 heterocycles. The van der Waals surface area contributed by atoms with Crippen LogP contribution >= 0.6 is 0 Å². The summed E-state index contributed by atoms with van der Waals surface area (Å²) in [6, 6.07) is 2.99. The first-order valence-corrected chi connectivity index (χ1v) is 9.58. The summed E-state index contributed by atoms with van der Waals surface area (Å²) >= 11 is 0. The highest BCUT2D eigenvalue weighted by atomic mass is 16.5. The van der Waals surface area contributed by atoms with Gasteiger partial charge in [0.25, 0.3) is 11.5 Å². The SMILES string of the molecule is CC(C)NC(=O)[C@@H]1C[C@@H](NC(=O)c2ccc[nH]c2=O)CN1C1CCOCC1. The van der Waals surface area contributed by atoms with Crippen molar-refractivity contribution in [3.05, 3.63) is 34.2 Å². The molecule has 1 aromatic rings. The summed E-state index contributed by atoms with van der Waals surface area (Å²) in [5.41, 5.74) is -0.325. The summed E-state index contributed by atoms with van der Waals surface area (Å²) in [5, 5.41) is 5.92. The van der Waals surface area contributed by atoms with Crippen LogP contribution in [0.15, 0.2) is 23.1 Å². The Labute approximate surface area is 158 Å². The Kier molecular flexibility index (Phi) is 6.28. The van der Waals surface area contributed by atoms with Crippen LogP contribution in [0.3, 0.4) is 0 Å². The van der Waals surface area contributed by atoms with E-state index in [0.717, 1.165) is 12.8 Å². The van der Waals surface area contributed by atoms with Crippen molar-refractivity contribution in [2.75, 3.05) is 19.8 Å². The topological polar surface area (TPSA) is 104 Å². The van der Waals surface area contributed by atoms with E-state index in [0.29, 0.717) is 26.2 Å². The first-order chi connectivity index (χ1) is 13.0. The predicted molar refractivity (Wildman–Crippen MR) is 101 cm³/mol. The van der Waals surface area contributed by atoms with Crippen LogP contribution in [0.25, 0.3) is 0 Å². The molecule has 2 fully saturated rings. The molecule has 0 aromatic carbocycles. The normalized spacial score (nSPS) is 24.1. The molecule has 8 nitrogen and oxygen atoms in total. The maximum atomic E-state index is 12.7. The monoisotopic (exact) mass is 376 g/mol. The highest BCUT2D eigenvalue weighted by Gasteiger charge is 2.41. The van der Waals surface area contributed by atoms with Gasteiger partial charge in [-0.3, -0.25) is 19.3 Å². The molecule has 0 spiro atoms. The average Bonchev–Trinajstić information content (AvgIpc) is 3.06. The van der Waals surface area contributed by atoms with Gasteiger partial charge in [-0.15, -0.1) is 0 Å². The number of rotatable bonds is 5. The molecule has 0 aliphatic carbocycles. The molecule has 8 heteroatoms. The number of carbonyl (C=O) groups is 2. The van der Waals surface area contributed by atoms with Crippen LogP contribution in [0.4, 0.5) is 0 Å². The van der Waals surface area contributed by atoms with Gasteiger partial charge >= 0.3 is 0 Å². The zero-order valence-electron chi connectivity index (χ0n) is 15.9. The van der Waals surface area contributed by atoms with Crippen LogP contribution in [0.2, 0.25) is 0 Å². The predicted octanol–water partition coefficient (Wildman–Crippen LogP) is 0.251. The van der Waals surface area contributed by atoms with Crippen molar-refractivity contribution in [1.82, 2.24) is 20.5 Å². The molecule has 0 bridgehead atoms. The molecule has 3 N–H and O–H groups in total. The van der Waals surface area contributed by atoms with Crippen molar-refractivity contribution in [2.24, 2.45) is 0 Å². The summed E-state index contributed by atoms with van der Waals surface area (Å²) in [5.74, 6) is -0.413. The largest absolute Gasteiger partial charge is 0.381 e. The maximum absolute atomic E-state index is 12.7. The standard InChI is InChI=1S/C19H28N4O4/c1-12(2)21-19(26)16-10-13(11-23(16)14-5-8-27-9-6-14)22-18(25)15-4-3-7-20-17(15)24/h3-4,7,12-14,16H,5-6,8-11H2,1-2H3,(H,20,24)(H,21,26)(H,22,25)/t13-,16+/m1/s1. The molecular weight excluding hydrogens is 348 g/mol. The van der Waals surface area contributed by atoms with Gasteiger partial charge < -0.3 is 20.4 Å². The Morgan fingerprint density at radius 1 is 1.30 bits per heavy atom. The Morgan fingerprint density at radius 2 is 2.04 bits per heavy atom. The fourth-order valence-corrected chi connectivity index (χ4v) is 3.89. The number of pyridine rings is 1. The van der Waals surface area contributed by atoms with Gasteiger partial charge in [0.15, 0.2) is 0 Å². The molecule has 0 unspecified atom stereocenters. The van der Waals surface area contributed by atoms with E-state index < -0.39 is 11.5 Å². The van der Waals surface area contributed by atoms with Crippen molar-refractivity contribution in [3.8, 4) is 0 Å². The summed E-state index contributed by atoms with van der Waals surface area (Å²) < 4.78 is 5.45. The molecular formula is C19H28N4O4. The van der Waals surface area contributed by atoms with Gasteiger partial charge in [-0.2, -0.15) is 0 Å². The fraction of sp³-hybridized carbons (Fsp3) is 0.632. The number of aromatic nitrogens is 1. The number of hydrogen-bond donors (Lipinski definition) is 3. The minimum atomic E-state index is -0.414. The second-order valence-corrected chi connectivity index (χ2v) is 7.54. The molecule has 2 aliphatic rings. The average molecular weight is 376 g/mol. The van der Waals surface area contributed by atoms with E-state index in [1.807, 2.05) is 13.8 Å². The van der Waals surface area contributed by atoms with Crippen LogP contribution in [0, 0.1) is 0 Å². The molecule has 2 saturated heterocycles. The minimum absolute atomic E-state index is 0.00852. The summed E-state index contributed by atoms with van der Waals surface area (Å²) in [7, 11) is 0. The van der Waals surface area contributed by atoms with E-state index in [1.54, 1.807) is 6.07 Å². The lowest BCUT2D eigenvalue weighted by molar-refractivity contribution is -0.127. The van der Waals surface area contributed by atoms with E-state index in [1.165, 1.54) is 12.3 Å². The summed E-state index contributed by atoms with van der Waals surface area (Å²) in [6.45, 7) is 5.85. The highest BCUT2D eigenvalue weighted by molar-refractivity contribution is 5.94. The van der Waals surface area contributed by atoms with Gasteiger partial charge in [-0.25, -0.2) is 0 Å². The van der Waals surface area contributed by atoms with Crippen molar-refractivity contribution in [2.45, 2.75) is 57.3 Å². The van der Waals surface area contributed by atoms with Gasteiger partial charge in [0, 0.05) is 44.1 Å². The summed E-state index contributed by atoms with van der Waals surface area (Å²) in [4.78, 5) is 41.7. The lowest BCUT2D eigenvalue weighted by Crippen LogP contribution is -2.50. The number of nitrogens with zero attached hydrogens (tertiary/aromatic N) is 1. The zero-order chi connectivity index (χ0) is 19.4. The Hall–Kier alpha value is -2.19. The molecule has 0 saturated carbocycles. The van der Waals surface area contributed by atoms with E-state index >= 15 is 0 Å². The number of nitrogens with one attached hydrogen (secondary N) is 3. The highest BCUT2D eigenvalue weighted by Crippen LogP contribution is 2.26. The third-order valence-corrected chi connectivity index (χ3v) is 5.13. The fourth-order valence-electron chi connectivity index (χ4n) is 3.89. The van der Waals surface area contributed by atoms with Crippen molar-refractivity contribution < 1.29 is 14.3 Å². The lowest BCUT2D eigenvalue weighted by Gasteiger charge is -2.35. The van der Waals surface area contributed by atoms with Gasteiger partial charge in [0.1, 0.15) is 5.56 Å². The molecule has 148 valence electrons. The third kappa shape index (κ3) is 4.75. The Balaban J connectivity index is 1.71. The van der Waals surface area contributed by atoms with Crippen molar-refractivity contribution in [1.29, 1.82) is 0 Å². The van der Waals surface area contributed by atoms with E-state index in [2.05, 4.69) is 20.5 Å². The van der Waals surface area contributed by atoms with Crippen molar-refractivity contribution in [3.63, 3.8) is 0 Å². The van der Waals surface area contributed by atoms with Gasteiger partial charge in [-0.05, 0) is 45.2 Å². The number of amides is 2. The van der Waals surface area contributed by atoms with E-state index in [-0.39, 0.29) is 35.6 Å². The number of likely N-dealkylation sites (tertiary alicyclic amines) is 1. The Bertz CT molecular complexity index is 726. The van der Waals surface area contributed by atoms with Gasteiger partial charge in [0.05, 0.1) is 6.04 Å². The van der Waals surface area contributed by atoms with E-state index in [4.69, 9.17) is 4.74 Å². The lowest BCUT2D eigenvalue weighted by atomic mass is 10.1. The molecule has 2 amide bonds. The molecule has 27 heavy (non-hydrogen) atoms. The second kappa shape index (κ2) is 8.67. The van der Waals surface area contributed by atoms with Crippen molar-refractivity contribution >= 4 is 11.8 Å². The van der Waals surface area contributed by atoms with E-state index in [9.17, 15) is 14.4 Å². The van der Waals surface area contributed by atoms with Crippen LogP contribution in [-0.2, 0) is 9.53 Å². The molecule has 2 atom stereocenters. The molecule has 3 rings (SSSR count). The minimum Gasteiger partial charge on any atom is -0.381 e. The van der Waals surface area contributed by atoms with Crippen LogP contribution in [0.5, 0.6) is 0 Å². The second-order valence-electron chi connectivity index (χ2n) is 7.54. The van der Waals surface area contributed by atoms with Gasteiger partial charge in [-0.1, -0.05) is 0 Å².